The maximum atomic E-state index is 4.65. The highest BCUT2D eigenvalue weighted by Gasteiger charge is 2.75. The zero-order valence-corrected chi connectivity index (χ0v) is 7.38. The monoisotopic (exact) mass is 154 g/mol. The van der Waals surface area contributed by atoms with Crippen molar-refractivity contribution in [2.75, 3.05) is 0 Å². The Balaban J connectivity index is 1.95. The van der Waals surface area contributed by atoms with Crippen LogP contribution < -0.4 is 0 Å². The van der Waals surface area contributed by atoms with Gasteiger partial charge >= 0.3 is 0 Å². The molecule has 1 heteroatoms. The van der Waals surface area contributed by atoms with Crippen molar-refractivity contribution >= 4 is 12.6 Å². The molecule has 0 nitrogen and oxygen atoms in total. The predicted octanol–water partition coefficient (Wildman–Crippen LogP) is 2.06. The summed E-state index contributed by atoms with van der Waals surface area (Å²) in [5, 5.41) is 0.760. The Morgan fingerprint density at radius 1 is 0.800 bits per heavy atom. The van der Waals surface area contributed by atoms with Crippen LogP contribution in [0.1, 0.15) is 13.8 Å². The van der Waals surface area contributed by atoms with Gasteiger partial charge in [-0.1, -0.05) is 13.8 Å². The van der Waals surface area contributed by atoms with Gasteiger partial charge in [0.05, 0.1) is 0 Å². The summed E-state index contributed by atoms with van der Waals surface area (Å²) in [5.74, 6) is 6.32. The molecule has 0 aromatic heterocycles. The van der Waals surface area contributed by atoms with E-state index in [0.29, 0.717) is 0 Å². The molecule has 7 atom stereocenters. The van der Waals surface area contributed by atoms with Crippen molar-refractivity contribution < 1.29 is 0 Å². The molecule has 10 heavy (non-hydrogen) atoms. The average Bonchev–Trinajstić information content (AvgIpc) is 2.49. The van der Waals surface area contributed by atoms with Crippen LogP contribution >= 0.6 is 12.6 Å². The van der Waals surface area contributed by atoms with Crippen LogP contribution in [-0.2, 0) is 0 Å². The van der Waals surface area contributed by atoms with E-state index in [2.05, 4.69) is 26.5 Å². The molecule has 56 valence electrons. The number of rotatable bonds is 0. The van der Waals surface area contributed by atoms with Crippen molar-refractivity contribution in [1.29, 1.82) is 0 Å². The van der Waals surface area contributed by atoms with Gasteiger partial charge in [-0.3, -0.25) is 0 Å². The van der Waals surface area contributed by atoms with Gasteiger partial charge < -0.3 is 0 Å². The lowest BCUT2D eigenvalue weighted by molar-refractivity contribution is 0.108. The maximum Gasteiger partial charge on any atom is 0.00792 e. The van der Waals surface area contributed by atoms with Gasteiger partial charge in [0.25, 0.3) is 0 Å². The highest BCUT2D eigenvalue weighted by Crippen LogP contribution is 2.78. The van der Waals surface area contributed by atoms with E-state index in [0.717, 1.165) is 40.8 Å². The summed E-state index contributed by atoms with van der Waals surface area (Å²) in [5.41, 5.74) is 0. The van der Waals surface area contributed by atoms with Gasteiger partial charge in [0, 0.05) is 5.25 Å². The minimum Gasteiger partial charge on any atom is -0.175 e. The van der Waals surface area contributed by atoms with Crippen LogP contribution in [0.15, 0.2) is 0 Å². The van der Waals surface area contributed by atoms with Crippen LogP contribution in [0, 0.1) is 35.5 Å². The van der Waals surface area contributed by atoms with Gasteiger partial charge in [-0.15, -0.1) is 0 Å². The molecule has 3 aliphatic rings. The first-order valence-electron chi connectivity index (χ1n) is 4.41. The van der Waals surface area contributed by atoms with Crippen LogP contribution in [0.5, 0.6) is 0 Å². The second-order valence-electron chi connectivity index (χ2n) is 4.52. The number of hydrogen-bond acceptors (Lipinski definition) is 1. The molecular weight excluding hydrogens is 140 g/mol. The van der Waals surface area contributed by atoms with E-state index in [1.54, 1.807) is 0 Å². The molecule has 0 aromatic carbocycles. The zero-order valence-electron chi connectivity index (χ0n) is 6.49. The summed E-state index contributed by atoms with van der Waals surface area (Å²) in [6.07, 6.45) is 0. The SMILES string of the molecule is CC1C(S)[C@@H]2C3C(C)[C@H]1C32. The van der Waals surface area contributed by atoms with Crippen molar-refractivity contribution in [3.63, 3.8) is 0 Å². The lowest BCUT2D eigenvalue weighted by Gasteiger charge is -2.39. The van der Waals surface area contributed by atoms with E-state index in [1.165, 1.54) is 0 Å². The molecule has 5 unspecified atom stereocenters. The molecule has 0 aliphatic heterocycles. The standard InChI is InChI=1S/C9H14S/c1-3-5-4(2)9(10)8-6(3)7(5)8/h3-10H,1-2H3/t3?,4?,5-,6?,7?,8-,9?/m1/s1. The molecule has 0 bridgehead atoms. The molecule has 0 heterocycles. The molecule has 3 saturated carbocycles. The van der Waals surface area contributed by atoms with Gasteiger partial charge in [0.1, 0.15) is 0 Å². The molecular formula is C9H14S. The Hall–Kier alpha value is 0.350. The van der Waals surface area contributed by atoms with Gasteiger partial charge in [-0.2, -0.15) is 12.6 Å². The number of fused-ring (bicyclic) bond motifs is 1. The zero-order chi connectivity index (χ0) is 7.04. The third-order valence-electron chi connectivity index (χ3n) is 4.39. The van der Waals surface area contributed by atoms with E-state index in [9.17, 15) is 0 Å². The summed E-state index contributed by atoms with van der Waals surface area (Å²) in [6.45, 7) is 4.82. The maximum absolute atomic E-state index is 4.65. The smallest absolute Gasteiger partial charge is 0.00792 e. The quantitative estimate of drug-likeness (QED) is 0.507. The Kier molecular flexibility index (Phi) is 0.848. The minimum absolute atomic E-state index is 0.760. The lowest BCUT2D eigenvalue weighted by atomic mass is 9.67. The van der Waals surface area contributed by atoms with Crippen molar-refractivity contribution in [2.45, 2.75) is 19.1 Å². The topological polar surface area (TPSA) is 0 Å². The van der Waals surface area contributed by atoms with Crippen LogP contribution in [0.3, 0.4) is 0 Å². The summed E-state index contributed by atoms with van der Waals surface area (Å²) in [4.78, 5) is 0. The fourth-order valence-corrected chi connectivity index (χ4v) is 4.52. The van der Waals surface area contributed by atoms with Crippen LogP contribution in [0.4, 0.5) is 0 Å². The first-order chi connectivity index (χ1) is 4.73. The normalized spacial score (nSPS) is 76.5. The van der Waals surface area contributed by atoms with Crippen molar-refractivity contribution in [1.82, 2.24) is 0 Å². The van der Waals surface area contributed by atoms with Gasteiger partial charge in [-0.05, 0) is 35.5 Å². The Morgan fingerprint density at radius 2 is 1.50 bits per heavy atom. The van der Waals surface area contributed by atoms with Gasteiger partial charge in [0.2, 0.25) is 0 Å². The molecule has 3 rings (SSSR count). The van der Waals surface area contributed by atoms with E-state index < -0.39 is 0 Å². The third-order valence-corrected chi connectivity index (χ3v) is 5.21. The second-order valence-corrected chi connectivity index (χ2v) is 5.11. The summed E-state index contributed by atoms with van der Waals surface area (Å²) < 4.78 is 0. The van der Waals surface area contributed by atoms with Crippen LogP contribution in [0.25, 0.3) is 0 Å². The fraction of sp³-hybridized carbons (Fsp3) is 1.00. The fourth-order valence-electron chi connectivity index (χ4n) is 3.92. The Morgan fingerprint density at radius 3 is 1.90 bits per heavy atom. The second kappa shape index (κ2) is 1.43. The number of hydrogen-bond donors (Lipinski definition) is 1. The summed E-state index contributed by atoms with van der Waals surface area (Å²) in [7, 11) is 0. The van der Waals surface area contributed by atoms with E-state index >= 15 is 0 Å². The van der Waals surface area contributed by atoms with E-state index in [-0.39, 0.29) is 0 Å². The van der Waals surface area contributed by atoms with Gasteiger partial charge in [0.15, 0.2) is 0 Å². The van der Waals surface area contributed by atoms with Crippen molar-refractivity contribution in [3.05, 3.63) is 0 Å². The molecule has 0 N–H and O–H groups in total. The highest BCUT2D eigenvalue weighted by atomic mass is 32.1. The summed E-state index contributed by atoms with van der Waals surface area (Å²) >= 11 is 4.65. The Bertz CT molecular complexity index is 187. The number of thiol groups is 1. The summed E-state index contributed by atoms with van der Waals surface area (Å²) in [6, 6.07) is 0. The van der Waals surface area contributed by atoms with Gasteiger partial charge in [-0.25, -0.2) is 0 Å². The Labute approximate surface area is 67.8 Å². The van der Waals surface area contributed by atoms with E-state index in [4.69, 9.17) is 0 Å². The van der Waals surface area contributed by atoms with Crippen LogP contribution in [0.2, 0.25) is 0 Å². The lowest BCUT2D eigenvalue weighted by Crippen LogP contribution is -2.36. The molecule has 0 amide bonds. The molecule has 0 spiro atoms. The first-order valence-corrected chi connectivity index (χ1v) is 4.93. The molecule has 0 radical (unpaired) electrons. The first kappa shape index (κ1) is 5.93. The average molecular weight is 154 g/mol. The van der Waals surface area contributed by atoms with Crippen molar-refractivity contribution in [2.24, 2.45) is 35.5 Å². The largest absolute Gasteiger partial charge is 0.175 e. The molecule has 0 saturated heterocycles. The molecule has 3 aliphatic carbocycles. The van der Waals surface area contributed by atoms with E-state index in [1.807, 2.05) is 0 Å². The minimum atomic E-state index is 0.760. The van der Waals surface area contributed by atoms with Crippen molar-refractivity contribution in [3.8, 4) is 0 Å². The molecule has 0 aromatic rings. The highest BCUT2D eigenvalue weighted by molar-refractivity contribution is 7.81. The third kappa shape index (κ3) is 0.382. The predicted molar refractivity (Wildman–Crippen MR) is 45.1 cm³/mol. The molecule has 3 fully saturated rings. The van der Waals surface area contributed by atoms with Crippen LogP contribution in [-0.4, -0.2) is 5.25 Å².